The van der Waals surface area contributed by atoms with Crippen LogP contribution in [0.15, 0.2) is 16.6 Å². The Bertz CT molecular complexity index is 314. The van der Waals surface area contributed by atoms with E-state index in [9.17, 15) is 0 Å². The van der Waals surface area contributed by atoms with Crippen molar-refractivity contribution in [2.75, 3.05) is 14.2 Å². The highest BCUT2D eigenvalue weighted by molar-refractivity contribution is 9.10. The van der Waals surface area contributed by atoms with Crippen LogP contribution in [0.3, 0.4) is 0 Å². The normalized spacial score (nSPS) is 12.3. The molecule has 0 aliphatic rings. The van der Waals surface area contributed by atoms with Crippen LogP contribution in [0.1, 0.15) is 12.5 Å². The third-order valence-electron chi connectivity index (χ3n) is 2.06. The lowest BCUT2D eigenvalue weighted by molar-refractivity contribution is 0.388. The van der Waals surface area contributed by atoms with Gasteiger partial charge < -0.3 is 15.2 Å². The monoisotopic (exact) mass is 273 g/mol. The molecular weight excluding hydrogens is 258 g/mol. The van der Waals surface area contributed by atoms with Crippen LogP contribution in [-0.4, -0.2) is 20.3 Å². The molecule has 0 heterocycles. The van der Waals surface area contributed by atoms with Gasteiger partial charge in [0.05, 0.1) is 14.2 Å². The van der Waals surface area contributed by atoms with Crippen molar-refractivity contribution in [3.8, 4) is 11.5 Å². The number of hydrogen-bond donors (Lipinski definition) is 1. The average Bonchev–Trinajstić information content (AvgIpc) is 2.19. The van der Waals surface area contributed by atoms with Crippen LogP contribution >= 0.6 is 15.9 Å². The molecule has 0 aliphatic heterocycles. The van der Waals surface area contributed by atoms with Gasteiger partial charge in [0, 0.05) is 6.04 Å². The lowest BCUT2D eigenvalue weighted by atomic mass is 10.1. The maximum Gasteiger partial charge on any atom is 0.137 e. The first-order valence-corrected chi connectivity index (χ1v) is 5.53. The molecule has 0 spiro atoms. The summed E-state index contributed by atoms with van der Waals surface area (Å²) in [5.74, 6) is 1.54. The van der Waals surface area contributed by atoms with Crippen LogP contribution in [-0.2, 0) is 6.42 Å². The van der Waals surface area contributed by atoms with E-state index in [-0.39, 0.29) is 6.04 Å². The van der Waals surface area contributed by atoms with E-state index in [1.54, 1.807) is 14.2 Å². The molecule has 0 saturated carbocycles. The van der Waals surface area contributed by atoms with Gasteiger partial charge in [0.25, 0.3) is 0 Å². The standard InChI is InChI=1S/C11H16BrNO2/c1-7(13)4-8-5-9(14-2)11(12)10(6-8)15-3/h5-7H,4,13H2,1-3H3/t7-/m1/s1. The highest BCUT2D eigenvalue weighted by atomic mass is 79.9. The average molecular weight is 274 g/mol. The summed E-state index contributed by atoms with van der Waals surface area (Å²) in [6, 6.07) is 4.06. The predicted molar refractivity (Wildman–Crippen MR) is 64.6 cm³/mol. The molecule has 0 unspecified atom stereocenters. The largest absolute Gasteiger partial charge is 0.495 e. The highest BCUT2D eigenvalue weighted by Gasteiger charge is 2.10. The number of hydrogen-bond acceptors (Lipinski definition) is 3. The van der Waals surface area contributed by atoms with Gasteiger partial charge in [0.1, 0.15) is 16.0 Å². The van der Waals surface area contributed by atoms with Crippen LogP contribution in [0, 0.1) is 0 Å². The number of ether oxygens (including phenoxy) is 2. The van der Waals surface area contributed by atoms with Crippen LogP contribution in [0.25, 0.3) is 0 Å². The Morgan fingerprint density at radius 3 is 2.07 bits per heavy atom. The predicted octanol–water partition coefficient (Wildman–Crippen LogP) is 2.36. The van der Waals surface area contributed by atoms with Crippen molar-refractivity contribution in [3.05, 3.63) is 22.2 Å². The fourth-order valence-electron chi connectivity index (χ4n) is 1.41. The summed E-state index contributed by atoms with van der Waals surface area (Å²) < 4.78 is 11.3. The molecule has 3 nitrogen and oxygen atoms in total. The quantitative estimate of drug-likeness (QED) is 0.916. The number of nitrogens with two attached hydrogens (primary N) is 1. The maximum absolute atomic E-state index is 5.75. The molecule has 1 rings (SSSR count). The fraction of sp³-hybridized carbons (Fsp3) is 0.455. The minimum Gasteiger partial charge on any atom is -0.495 e. The molecule has 0 aliphatic carbocycles. The molecular formula is C11H16BrNO2. The zero-order valence-corrected chi connectivity index (χ0v) is 10.8. The number of rotatable bonds is 4. The van der Waals surface area contributed by atoms with Gasteiger partial charge in [-0.05, 0) is 47.0 Å². The Balaban J connectivity index is 3.09. The summed E-state index contributed by atoms with van der Waals surface area (Å²) in [4.78, 5) is 0. The third kappa shape index (κ3) is 3.11. The van der Waals surface area contributed by atoms with Gasteiger partial charge in [-0.25, -0.2) is 0 Å². The minimum absolute atomic E-state index is 0.126. The zero-order valence-electron chi connectivity index (χ0n) is 9.21. The maximum atomic E-state index is 5.75. The summed E-state index contributed by atoms with van der Waals surface area (Å²) in [5.41, 5.74) is 6.87. The van der Waals surface area contributed by atoms with E-state index < -0.39 is 0 Å². The fourth-order valence-corrected chi connectivity index (χ4v) is 1.97. The topological polar surface area (TPSA) is 44.5 Å². The van der Waals surface area contributed by atoms with Crippen molar-refractivity contribution in [2.24, 2.45) is 5.73 Å². The molecule has 0 aromatic heterocycles. The SMILES string of the molecule is COc1cc(C[C@@H](C)N)cc(OC)c1Br. The van der Waals surface area contributed by atoms with Crippen molar-refractivity contribution in [1.29, 1.82) is 0 Å². The first-order valence-electron chi connectivity index (χ1n) is 4.74. The molecule has 2 N–H and O–H groups in total. The van der Waals surface area contributed by atoms with Crippen LogP contribution in [0.5, 0.6) is 11.5 Å². The number of benzene rings is 1. The lowest BCUT2D eigenvalue weighted by Gasteiger charge is -2.12. The second kappa shape index (κ2) is 5.37. The molecule has 84 valence electrons. The molecule has 1 aromatic rings. The van der Waals surface area contributed by atoms with Crippen LogP contribution in [0.2, 0.25) is 0 Å². The van der Waals surface area contributed by atoms with Gasteiger partial charge in [-0.2, -0.15) is 0 Å². The Kier molecular flexibility index (Phi) is 4.42. The van der Waals surface area contributed by atoms with Crippen molar-refractivity contribution in [1.82, 2.24) is 0 Å². The summed E-state index contributed by atoms with van der Waals surface area (Å²) in [7, 11) is 3.27. The Labute approximate surface area is 98.7 Å². The van der Waals surface area contributed by atoms with Crippen molar-refractivity contribution >= 4 is 15.9 Å². The van der Waals surface area contributed by atoms with Crippen molar-refractivity contribution < 1.29 is 9.47 Å². The molecule has 0 amide bonds. The van der Waals surface area contributed by atoms with E-state index in [0.717, 1.165) is 28.0 Å². The summed E-state index contributed by atoms with van der Waals surface area (Å²) in [6.45, 7) is 1.97. The molecule has 0 saturated heterocycles. The Hall–Kier alpha value is -0.740. The Morgan fingerprint density at radius 1 is 1.27 bits per heavy atom. The van der Waals surface area contributed by atoms with Crippen molar-refractivity contribution in [3.63, 3.8) is 0 Å². The molecule has 1 aromatic carbocycles. The molecule has 4 heteroatoms. The summed E-state index contributed by atoms with van der Waals surface area (Å²) in [6.07, 6.45) is 0.806. The van der Waals surface area contributed by atoms with Gasteiger partial charge in [0.2, 0.25) is 0 Å². The smallest absolute Gasteiger partial charge is 0.137 e. The van der Waals surface area contributed by atoms with Crippen LogP contribution in [0.4, 0.5) is 0 Å². The van der Waals surface area contributed by atoms with E-state index in [2.05, 4.69) is 15.9 Å². The van der Waals surface area contributed by atoms with Gasteiger partial charge in [-0.1, -0.05) is 0 Å². The second-order valence-corrected chi connectivity index (χ2v) is 4.29. The Morgan fingerprint density at radius 2 is 1.73 bits per heavy atom. The lowest BCUT2D eigenvalue weighted by Crippen LogP contribution is -2.17. The first-order chi connectivity index (χ1) is 7.08. The highest BCUT2D eigenvalue weighted by Crippen LogP contribution is 2.35. The number of halogens is 1. The van der Waals surface area contributed by atoms with Gasteiger partial charge in [0.15, 0.2) is 0 Å². The van der Waals surface area contributed by atoms with Crippen molar-refractivity contribution in [2.45, 2.75) is 19.4 Å². The summed E-state index contributed by atoms with van der Waals surface area (Å²) in [5, 5.41) is 0. The summed E-state index contributed by atoms with van der Waals surface area (Å²) >= 11 is 3.42. The number of methoxy groups -OCH3 is 2. The van der Waals surface area contributed by atoms with E-state index >= 15 is 0 Å². The molecule has 1 atom stereocenters. The van der Waals surface area contributed by atoms with E-state index in [4.69, 9.17) is 15.2 Å². The first kappa shape index (κ1) is 12.3. The third-order valence-corrected chi connectivity index (χ3v) is 2.84. The zero-order chi connectivity index (χ0) is 11.4. The van der Waals surface area contributed by atoms with E-state index in [1.807, 2.05) is 19.1 Å². The van der Waals surface area contributed by atoms with E-state index in [0.29, 0.717) is 0 Å². The minimum atomic E-state index is 0.126. The van der Waals surface area contributed by atoms with Gasteiger partial charge in [-0.15, -0.1) is 0 Å². The molecule has 15 heavy (non-hydrogen) atoms. The van der Waals surface area contributed by atoms with E-state index in [1.165, 1.54) is 0 Å². The van der Waals surface area contributed by atoms with Gasteiger partial charge in [-0.3, -0.25) is 0 Å². The van der Waals surface area contributed by atoms with Crippen LogP contribution < -0.4 is 15.2 Å². The second-order valence-electron chi connectivity index (χ2n) is 3.50. The van der Waals surface area contributed by atoms with Gasteiger partial charge >= 0.3 is 0 Å². The molecule has 0 bridgehead atoms. The molecule has 0 radical (unpaired) electrons. The molecule has 0 fully saturated rings.